The van der Waals surface area contributed by atoms with E-state index >= 15 is 0 Å². The SMILES string of the molecule is NCCN(Cc1ccccc1)C(=O)c1cc(Br)cc(Br)c1. The van der Waals surface area contributed by atoms with E-state index in [-0.39, 0.29) is 5.91 Å². The van der Waals surface area contributed by atoms with Crippen molar-refractivity contribution >= 4 is 37.8 Å². The molecular weight excluding hydrogens is 396 g/mol. The van der Waals surface area contributed by atoms with E-state index in [9.17, 15) is 4.79 Å². The van der Waals surface area contributed by atoms with Crippen molar-refractivity contribution in [2.24, 2.45) is 5.73 Å². The first-order valence-corrected chi connectivity index (χ1v) is 8.18. The van der Waals surface area contributed by atoms with E-state index < -0.39 is 0 Å². The lowest BCUT2D eigenvalue weighted by molar-refractivity contribution is 0.0748. The van der Waals surface area contributed by atoms with Gasteiger partial charge in [0, 0.05) is 34.1 Å². The summed E-state index contributed by atoms with van der Waals surface area (Å²) < 4.78 is 1.74. The van der Waals surface area contributed by atoms with Crippen molar-refractivity contribution in [1.29, 1.82) is 0 Å². The Morgan fingerprint density at radius 3 is 2.24 bits per heavy atom. The molecule has 2 rings (SSSR count). The third kappa shape index (κ3) is 4.66. The molecule has 0 aliphatic carbocycles. The minimum absolute atomic E-state index is 0.0219. The van der Waals surface area contributed by atoms with Crippen LogP contribution in [0.5, 0.6) is 0 Å². The van der Waals surface area contributed by atoms with Crippen LogP contribution < -0.4 is 5.73 Å². The predicted molar refractivity (Wildman–Crippen MR) is 92.1 cm³/mol. The lowest BCUT2D eigenvalue weighted by Crippen LogP contribution is -2.34. The molecule has 0 heterocycles. The second kappa shape index (κ2) is 7.73. The van der Waals surface area contributed by atoms with Gasteiger partial charge in [-0.2, -0.15) is 0 Å². The highest BCUT2D eigenvalue weighted by molar-refractivity contribution is 9.11. The van der Waals surface area contributed by atoms with Crippen molar-refractivity contribution < 1.29 is 4.79 Å². The van der Waals surface area contributed by atoms with Crippen molar-refractivity contribution in [2.45, 2.75) is 6.54 Å². The molecule has 0 bridgehead atoms. The fourth-order valence-corrected chi connectivity index (χ4v) is 3.37. The number of hydrogen-bond acceptors (Lipinski definition) is 2. The number of carbonyl (C=O) groups excluding carboxylic acids is 1. The van der Waals surface area contributed by atoms with Gasteiger partial charge in [0.2, 0.25) is 0 Å². The number of amides is 1. The van der Waals surface area contributed by atoms with E-state index in [0.717, 1.165) is 14.5 Å². The smallest absolute Gasteiger partial charge is 0.254 e. The molecule has 0 unspecified atom stereocenters. The minimum Gasteiger partial charge on any atom is -0.333 e. The summed E-state index contributed by atoms with van der Waals surface area (Å²) in [6.07, 6.45) is 0. The molecule has 2 aromatic rings. The molecule has 2 aromatic carbocycles. The van der Waals surface area contributed by atoms with Gasteiger partial charge in [0.25, 0.3) is 5.91 Å². The topological polar surface area (TPSA) is 46.3 Å². The second-order valence-electron chi connectivity index (χ2n) is 4.66. The Kier molecular flexibility index (Phi) is 5.96. The lowest BCUT2D eigenvalue weighted by atomic mass is 10.1. The highest BCUT2D eigenvalue weighted by atomic mass is 79.9. The molecule has 0 fully saturated rings. The Hall–Kier alpha value is -1.17. The van der Waals surface area contributed by atoms with Gasteiger partial charge in [-0.05, 0) is 23.8 Å². The van der Waals surface area contributed by atoms with E-state index in [2.05, 4.69) is 31.9 Å². The maximum atomic E-state index is 12.7. The zero-order valence-corrected chi connectivity index (χ0v) is 14.6. The summed E-state index contributed by atoms with van der Waals surface area (Å²) in [6, 6.07) is 15.5. The van der Waals surface area contributed by atoms with Crippen LogP contribution in [0.3, 0.4) is 0 Å². The largest absolute Gasteiger partial charge is 0.333 e. The molecule has 0 spiro atoms. The van der Waals surface area contributed by atoms with Gasteiger partial charge < -0.3 is 10.6 Å². The van der Waals surface area contributed by atoms with Gasteiger partial charge in [0.1, 0.15) is 0 Å². The normalized spacial score (nSPS) is 10.4. The van der Waals surface area contributed by atoms with E-state index in [0.29, 0.717) is 25.2 Å². The van der Waals surface area contributed by atoms with Gasteiger partial charge in [0.15, 0.2) is 0 Å². The molecular formula is C16H16Br2N2O. The molecule has 0 atom stereocenters. The molecule has 1 amide bonds. The van der Waals surface area contributed by atoms with E-state index in [1.54, 1.807) is 4.90 Å². The van der Waals surface area contributed by atoms with Crippen LogP contribution in [0.25, 0.3) is 0 Å². The lowest BCUT2D eigenvalue weighted by Gasteiger charge is -2.22. The molecule has 0 aromatic heterocycles. The van der Waals surface area contributed by atoms with Crippen LogP contribution in [0, 0.1) is 0 Å². The van der Waals surface area contributed by atoms with Crippen molar-refractivity contribution in [3.05, 3.63) is 68.6 Å². The maximum absolute atomic E-state index is 12.7. The number of halogens is 2. The van der Waals surface area contributed by atoms with Crippen molar-refractivity contribution in [2.75, 3.05) is 13.1 Å². The molecule has 5 heteroatoms. The number of nitrogens with zero attached hydrogens (tertiary/aromatic N) is 1. The number of carbonyl (C=O) groups is 1. The summed E-state index contributed by atoms with van der Waals surface area (Å²) >= 11 is 6.82. The number of nitrogens with two attached hydrogens (primary N) is 1. The molecule has 2 N–H and O–H groups in total. The Morgan fingerprint density at radius 2 is 1.67 bits per heavy atom. The highest BCUT2D eigenvalue weighted by Crippen LogP contribution is 2.21. The third-order valence-electron chi connectivity index (χ3n) is 3.01. The average molecular weight is 412 g/mol. The molecule has 0 aliphatic heterocycles. The van der Waals surface area contributed by atoms with Gasteiger partial charge in [-0.3, -0.25) is 4.79 Å². The van der Waals surface area contributed by atoms with Crippen LogP contribution >= 0.6 is 31.9 Å². The fourth-order valence-electron chi connectivity index (χ4n) is 2.07. The zero-order chi connectivity index (χ0) is 15.2. The van der Waals surface area contributed by atoms with Gasteiger partial charge in [-0.1, -0.05) is 62.2 Å². The molecule has 0 saturated heterocycles. The zero-order valence-electron chi connectivity index (χ0n) is 11.4. The van der Waals surface area contributed by atoms with E-state index in [4.69, 9.17) is 5.73 Å². The van der Waals surface area contributed by atoms with Crippen LogP contribution in [0.2, 0.25) is 0 Å². The third-order valence-corrected chi connectivity index (χ3v) is 3.93. The molecule has 0 radical (unpaired) electrons. The number of hydrogen-bond donors (Lipinski definition) is 1. The van der Waals surface area contributed by atoms with Gasteiger partial charge >= 0.3 is 0 Å². The quantitative estimate of drug-likeness (QED) is 0.812. The van der Waals surface area contributed by atoms with Gasteiger partial charge in [-0.25, -0.2) is 0 Å². The number of benzene rings is 2. The van der Waals surface area contributed by atoms with Crippen molar-refractivity contribution in [3.8, 4) is 0 Å². The monoisotopic (exact) mass is 410 g/mol. The van der Waals surface area contributed by atoms with E-state index in [1.807, 2.05) is 48.5 Å². The van der Waals surface area contributed by atoms with Crippen molar-refractivity contribution in [3.63, 3.8) is 0 Å². The summed E-state index contributed by atoms with van der Waals surface area (Å²) in [5, 5.41) is 0. The molecule has 3 nitrogen and oxygen atoms in total. The minimum atomic E-state index is -0.0219. The highest BCUT2D eigenvalue weighted by Gasteiger charge is 2.16. The first-order valence-electron chi connectivity index (χ1n) is 6.59. The maximum Gasteiger partial charge on any atom is 0.254 e. The predicted octanol–water partition coefficient (Wildman–Crippen LogP) is 3.81. The fraction of sp³-hybridized carbons (Fsp3) is 0.188. The Morgan fingerprint density at radius 1 is 1.05 bits per heavy atom. The number of rotatable bonds is 5. The summed E-state index contributed by atoms with van der Waals surface area (Å²) in [6.45, 7) is 1.52. The van der Waals surface area contributed by atoms with E-state index in [1.165, 1.54) is 0 Å². The van der Waals surface area contributed by atoms with Crippen LogP contribution in [0.4, 0.5) is 0 Å². The van der Waals surface area contributed by atoms with Crippen LogP contribution in [0.15, 0.2) is 57.5 Å². The summed E-state index contributed by atoms with van der Waals surface area (Å²) in [7, 11) is 0. The van der Waals surface area contributed by atoms with Crippen molar-refractivity contribution in [1.82, 2.24) is 4.90 Å². The Labute approximate surface area is 141 Å². The molecule has 0 saturated carbocycles. The first-order chi connectivity index (χ1) is 10.1. The van der Waals surface area contributed by atoms with Crippen LogP contribution in [-0.2, 0) is 6.54 Å². The molecule has 21 heavy (non-hydrogen) atoms. The molecule has 110 valence electrons. The second-order valence-corrected chi connectivity index (χ2v) is 6.49. The summed E-state index contributed by atoms with van der Waals surface area (Å²) in [5.41, 5.74) is 7.38. The molecule has 0 aliphatic rings. The summed E-state index contributed by atoms with van der Waals surface area (Å²) in [4.78, 5) is 14.4. The van der Waals surface area contributed by atoms with Crippen LogP contribution in [0.1, 0.15) is 15.9 Å². The summed E-state index contributed by atoms with van der Waals surface area (Å²) in [5.74, 6) is -0.0219. The standard InChI is InChI=1S/C16H16Br2N2O/c17-14-8-13(9-15(18)10-14)16(21)20(7-6-19)11-12-4-2-1-3-5-12/h1-5,8-10H,6-7,11,19H2. The Bertz CT molecular complexity index is 597. The average Bonchev–Trinajstić information content (AvgIpc) is 2.46. The van der Waals surface area contributed by atoms with Crippen LogP contribution in [-0.4, -0.2) is 23.9 Å². The van der Waals surface area contributed by atoms with Gasteiger partial charge in [0.05, 0.1) is 0 Å². The first kappa shape index (κ1) is 16.2. The van der Waals surface area contributed by atoms with Gasteiger partial charge in [-0.15, -0.1) is 0 Å². The Balaban J connectivity index is 2.22.